The Balaban J connectivity index is 1.37. The molecule has 2 amide bonds. The average Bonchev–Trinajstić information content (AvgIpc) is 3.24. The van der Waals surface area contributed by atoms with E-state index < -0.39 is 11.7 Å². The molecule has 2 aromatic carbocycles. The van der Waals surface area contributed by atoms with E-state index in [-0.39, 0.29) is 17.4 Å². The summed E-state index contributed by atoms with van der Waals surface area (Å²) in [6, 6.07) is 14.3. The van der Waals surface area contributed by atoms with E-state index in [2.05, 4.69) is 17.0 Å². The molecule has 6 nitrogen and oxygen atoms in total. The molecular formula is C22H25FN4O2. The number of carbonyl (C=O) groups excluding carboxylic acids is 2. The van der Waals surface area contributed by atoms with Gasteiger partial charge in [-0.25, -0.2) is 4.39 Å². The molecule has 0 saturated carbocycles. The number of piperazine rings is 1. The molecule has 2 fully saturated rings. The van der Waals surface area contributed by atoms with Gasteiger partial charge in [-0.15, -0.1) is 0 Å². The Bertz CT molecular complexity index is 897. The number of anilines is 2. The van der Waals surface area contributed by atoms with Gasteiger partial charge in [0.25, 0.3) is 5.91 Å². The summed E-state index contributed by atoms with van der Waals surface area (Å²) in [5.41, 5.74) is 7.37. The number of hydrogen-bond donors (Lipinski definition) is 1. The van der Waals surface area contributed by atoms with Crippen LogP contribution in [0.3, 0.4) is 0 Å². The molecule has 1 unspecified atom stereocenters. The maximum atomic E-state index is 13.5. The molecule has 152 valence electrons. The van der Waals surface area contributed by atoms with Gasteiger partial charge in [-0.05, 0) is 36.8 Å². The van der Waals surface area contributed by atoms with Crippen LogP contribution in [0.15, 0.2) is 48.5 Å². The fourth-order valence-electron chi connectivity index (χ4n) is 4.24. The number of amides is 2. The minimum atomic E-state index is -0.648. The molecular weight excluding hydrogens is 371 g/mol. The molecule has 0 radical (unpaired) electrons. The molecule has 0 aromatic heterocycles. The molecule has 0 bridgehead atoms. The Morgan fingerprint density at radius 2 is 1.66 bits per heavy atom. The third-order valence-electron chi connectivity index (χ3n) is 5.81. The SMILES string of the molecule is NC(=O)c1cc(F)ccc1N1CCN(C(=O)C2CCN(c3ccccc3)C2)CC1. The summed E-state index contributed by atoms with van der Waals surface area (Å²) in [6.07, 6.45) is 0.859. The summed E-state index contributed by atoms with van der Waals surface area (Å²) < 4.78 is 13.5. The van der Waals surface area contributed by atoms with Crippen LogP contribution in [-0.4, -0.2) is 56.0 Å². The highest BCUT2D eigenvalue weighted by Crippen LogP contribution is 2.27. The van der Waals surface area contributed by atoms with Gasteiger partial charge in [0.05, 0.1) is 11.5 Å². The third kappa shape index (κ3) is 4.04. The molecule has 2 aliphatic rings. The van der Waals surface area contributed by atoms with Gasteiger partial charge in [-0.3, -0.25) is 9.59 Å². The van der Waals surface area contributed by atoms with E-state index in [4.69, 9.17) is 5.73 Å². The average molecular weight is 396 g/mol. The van der Waals surface area contributed by atoms with Gasteiger partial charge in [-0.1, -0.05) is 18.2 Å². The zero-order valence-corrected chi connectivity index (χ0v) is 16.3. The second-order valence-corrected chi connectivity index (χ2v) is 7.61. The van der Waals surface area contributed by atoms with Crippen LogP contribution in [0, 0.1) is 11.7 Å². The van der Waals surface area contributed by atoms with Crippen molar-refractivity contribution in [3.8, 4) is 0 Å². The number of nitrogens with two attached hydrogens (primary N) is 1. The summed E-state index contributed by atoms with van der Waals surface area (Å²) in [7, 11) is 0. The van der Waals surface area contributed by atoms with Crippen molar-refractivity contribution in [2.75, 3.05) is 49.1 Å². The molecule has 0 aliphatic carbocycles. The van der Waals surface area contributed by atoms with Gasteiger partial charge in [0, 0.05) is 50.6 Å². The first-order chi connectivity index (χ1) is 14.0. The zero-order valence-electron chi connectivity index (χ0n) is 16.3. The van der Waals surface area contributed by atoms with Crippen molar-refractivity contribution in [1.29, 1.82) is 0 Å². The minimum absolute atomic E-state index is 0.00811. The lowest BCUT2D eigenvalue weighted by atomic mass is 10.1. The molecule has 0 spiro atoms. The summed E-state index contributed by atoms with van der Waals surface area (Å²) in [4.78, 5) is 30.8. The number of carbonyl (C=O) groups is 2. The van der Waals surface area contributed by atoms with Crippen LogP contribution >= 0.6 is 0 Å². The lowest BCUT2D eigenvalue weighted by Gasteiger charge is -2.37. The summed E-state index contributed by atoms with van der Waals surface area (Å²) in [5, 5.41) is 0. The van der Waals surface area contributed by atoms with E-state index in [1.165, 1.54) is 12.1 Å². The number of rotatable bonds is 4. The molecule has 4 rings (SSSR count). The molecule has 2 aliphatic heterocycles. The summed E-state index contributed by atoms with van der Waals surface area (Å²) in [6.45, 7) is 3.97. The van der Waals surface area contributed by atoms with E-state index in [0.717, 1.165) is 25.2 Å². The molecule has 2 N–H and O–H groups in total. The number of halogens is 1. The van der Waals surface area contributed by atoms with Crippen molar-refractivity contribution in [1.82, 2.24) is 4.90 Å². The van der Waals surface area contributed by atoms with Crippen LogP contribution < -0.4 is 15.5 Å². The van der Waals surface area contributed by atoms with Crippen molar-refractivity contribution in [3.05, 3.63) is 59.9 Å². The van der Waals surface area contributed by atoms with Gasteiger partial charge < -0.3 is 20.4 Å². The largest absolute Gasteiger partial charge is 0.371 e. The quantitative estimate of drug-likeness (QED) is 0.859. The highest BCUT2D eigenvalue weighted by atomic mass is 19.1. The first kappa shape index (κ1) is 19.2. The van der Waals surface area contributed by atoms with Crippen LogP contribution in [0.2, 0.25) is 0 Å². The van der Waals surface area contributed by atoms with E-state index in [1.807, 2.05) is 28.0 Å². The molecule has 7 heteroatoms. The third-order valence-corrected chi connectivity index (χ3v) is 5.81. The van der Waals surface area contributed by atoms with E-state index in [9.17, 15) is 14.0 Å². The van der Waals surface area contributed by atoms with Crippen molar-refractivity contribution < 1.29 is 14.0 Å². The smallest absolute Gasteiger partial charge is 0.250 e. The normalized spacial score (nSPS) is 19.5. The Hall–Kier alpha value is -3.09. The molecule has 2 saturated heterocycles. The minimum Gasteiger partial charge on any atom is -0.371 e. The fourth-order valence-corrected chi connectivity index (χ4v) is 4.24. The maximum absolute atomic E-state index is 13.5. The number of hydrogen-bond acceptors (Lipinski definition) is 4. The number of para-hydroxylation sites is 1. The summed E-state index contributed by atoms with van der Waals surface area (Å²) in [5.74, 6) is -0.934. The second kappa shape index (κ2) is 8.11. The van der Waals surface area contributed by atoms with Gasteiger partial charge in [0.15, 0.2) is 0 Å². The van der Waals surface area contributed by atoms with Gasteiger partial charge in [0.2, 0.25) is 5.91 Å². The van der Waals surface area contributed by atoms with Crippen molar-refractivity contribution in [3.63, 3.8) is 0 Å². The Kier molecular flexibility index (Phi) is 5.38. The van der Waals surface area contributed by atoms with Crippen LogP contribution in [0.5, 0.6) is 0 Å². The lowest BCUT2D eigenvalue weighted by Crippen LogP contribution is -2.51. The molecule has 2 aromatic rings. The molecule has 2 heterocycles. The highest BCUT2D eigenvalue weighted by Gasteiger charge is 2.33. The van der Waals surface area contributed by atoms with Gasteiger partial charge in [-0.2, -0.15) is 0 Å². The van der Waals surface area contributed by atoms with E-state index in [1.54, 1.807) is 6.07 Å². The van der Waals surface area contributed by atoms with Crippen molar-refractivity contribution in [2.45, 2.75) is 6.42 Å². The first-order valence-electron chi connectivity index (χ1n) is 9.96. The highest BCUT2D eigenvalue weighted by molar-refractivity contribution is 5.98. The number of primary amides is 1. The predicted molar refractivity (Wildman–Crippen MR) is 110 cm³/mol. The lowest BCUT2D eigenvalue weighted by molar-refractivity contribution is -0.135. The molecule has 1 atom stereocenters. The monoisotopic (exact) mass is 396 g/mol. The Morgan fingerprint density at radius 1 is 0.931 bits per heavy atom. The zero-order chi connectivity index (χ0) is 20.4. The first-order valence-corrected chi connectivity index (χ1v) is 9.96. The predicted octanol–water partition coefficient (Wildman–Crippen LogP) is 2.10. The Morgan fingerprint density at radius 3 is 2.34 bits per heavy atom. The number of nitrogens with zero attached hydrogens (tertiary/aromatic N) is 3. The van der Waals surface area contributed by atoms with Crippen LogP contribution in [0.1, 0.15) is 16.8 Å². The van der Waals surface area contributed by atoms with E-state index >= 15 is 0 Å². The van der Waals surface area contributed by atoms with Gasteiger partial charge >= 0.3 is 0 Å². The second-order valence-electron chi connectivity index (χ2n) is 7.61. The number of benzene rings is 2. The van der Waals surface area contributed by atoms with E-state index in [0.29, 0.717) is 31.9 Å². The maximum Gasteiger partial charge on any atom is 0.250 e. The van der Waals surface area contributed by atoms with Crippen molar-refractivity contribution in [2.24, 2.45) is 11.7 Å². The Labute approximate surface area is 169 Å². The summed E-state index contributed by atoms with van der Waals surface area (Å²) >= 11 is 0. The van der Waals surface area contributed by atoms with Crippen LogP contribution in [-0.2, 0) is 4.79 Å². The fraction of sp³-hybridized carbons (Fsp3) is 0.364. The van der Waals surface area contributed by atoms with Crippen LogP contribution in [0.4, 0.5) is 15.8 Å². The van der Waals surface area contributed by atoms with Crippen molar-refractivity contribution >= 4 is 23.2 Å². The standard InChI is InChI=1S/C22H25FN4O2/c23-17-6-7-20(19(14-17)21(24)28)25-10-12-26(13-11-25)22(29)16-8-9-27(15-16)18-4-2-1-3-5-18/h1-7,14,16H,8-13,15H2,(H2,24,28). The van der Waals surface area contributed by atoms with Crippen LogP contribution in [0.25, 0.3) is 0 Å². The topological polar surface area (TPSA) is 69.9 Å². The molecule has 29 heavy (non-hydrogen) atoms. The van der Waals surface area contributed by atoms with Gasteiger partial charge in [0.1, 0.15) is 5.82 Å².